The van der Waals surface area contributed by atoms with Gasteiger partial charge in [0.2, 0.25) is 0 Å². The van der Waals surface area contributed by atoms with Crippen molar-refractivity contribution in [3.8, 4) is 0 Å². The van der Waals surface area contributed by atoms with Gasteiger partial charge in [-0.15, -0.1) is 0 Å². The van der Waals surface area contributed by atoms with E-state index in [9.17, 15) is 9.59 Å². The quantitative estimate of drug-likeness (QED) is 0.666. The molecule has 5 nitrogen and oxygen atoms in total. The molecule has 86 valence electrons. The molecule has 0 aliphatic heterocycles. The minimum atomic E-state index is -1.02. The predicted molar refractivity (Wildman–Crippen MR) is 57.1 cm³/mol. The number of carboxylic acids is 2. The first kappa shape index (κ1) is 12.2. The molecule has 0 fully saturated rings. The van der Waals surface area contributed by atoms with E-state index in [1.807, 2.05) is 0 Å². The summed E-state index contributed by atoms with van der Waals surface area (Å²) in [6, 6.07) is 7.79. The van der Waals surface area contributed by atoms with Crippen molar-refractivity contribution in [3.63, 3.8) is 0 Å². The van der Waals surface area contributed by atoms with Crippen LogP contribution in [0, 0.1) is 0 Å². The van der Waals surface area contributed by atoms with Crippen LogP contribution in [0.3, 0.4) is 0 Å². The molecule has 1 atom stereocenters. The lowest BCUT2D eigenvalue weighted by Gasteiger charge is -2.13. The van der Waals surface area contributed by atoms with E-state index in [0.717, 1.165) is 0 Å². The van der Waals surface area contributed by atoms with E-state index >= 15 is 0 Å². The van der Waals surface area contributed by atoms with Crippen LogP contribution in [0.2, 0.25) is 0 Å². The Morgan fingerprint density at radius 1 is 1.19 bits per heavy atom. The van der Waals surface area contributed by atoms with E-state index in [-0.39, 0.29) is 13.0 Å². The van der Waals surface area contributed by atoms with Gasteiger partial charge in [0.05, 0.1) is 6.42 Å². The molecule has 0 bridgehead atoms. The molecule has 0 unspecified atom stereocenters. The van der Waals surface area contributed by atoms with Gasteiger partial charge in [0.1, 0.15) is 6.04 Å². The van der Waals surface area contributed by atoms with Gasteiger partial charge in [0.15, 0.2) is 0 Å². The Labute approximate surface area is 92.7 Å². The monoisotopic (exact) mass is 223 g/mol. The lowest BCUT2D eigenvalue weighted by Crippen LogP contribution is -2.30. The van der Waals surface area contributed by atoms with Crippen LogP contribution in [0.1, 0.15) is 18.0 Å². The Morgan fingerprint density at radius 2 is 1.81 bits per heavy atom. The molecular weight excluding hydrogens is 210 g/mol. The van der Waals surface area contributed by atoms with Crippen molar-refractivity contribution in [3.05, 3.63) is 35.9 Å². The van der Waals surface area contributed by atoms with Gasteiger partial charge in [-0.3, -0.25) is 9.59 Å². The molecule has 0 radical (unpaired) electrons. The van der Waals surface area contributed by atoms with Crippen LogP contribution in [0.4, 0.5) is 0 Å². The van der Waals surface area contributed by atoms with Gasteiger partial charge in [-0.2, -0.15) is 0 Å². The second-order valence-electron chi connectivity index (χ2n) is 3.28. The third-order valence-corrected chi connectivity index (χ3v) is 2.07. The minimum Gasteiger partial charge on any atom is -0.481 e. The number of hydrogen-bond acceptors (Lipinski definition) is 3. The van der Waals surface area contributed by atoms with Crippen molar-refractivity contribution in [1.82, 2.24) is 5.32 Å². The van der Waals surface area contributed by atoms with E-state index in [2.05, 4.69) is 5.32 Å². The van der Waals surface area contributed by atoms with Gasteiger partial charge in [0.25, 0.3) is 0 Å². The molecule has 1 rings (SSSR count). The first-order valence-corrected chi connectivity index (χ1v) is 4.84. The van der Waals surface area contributed by atoms with Crippen LogP contribution >= 0.6 is 0 Å². The molecule has 0 aromatic heterocycles. The molecular formula is C11H13NO4. The Balaban J connectivity index is 2.62. The lowest BCUT2D eigenvalue weighted by molar-refractivity contribution is -0.141. The zero-order valence-electron chi connectivity index (χ0n) is 8.59. The number of benzene rings is 1. The third-order valence-electron chi connectivity index (χ3n) is 2.07. The zero-order valence-corrected chi connectivity index (χ0v) is 8.59. The maximum Gasteiger partial charge on any atom is 0.325 e. The number of aliphatic carboxylic acids is 2. The molecule has 0 saturated carbocycles. The molecule has 16 heavy (non-hydrogen) atoms. The summed E-state index contributed by atoms with van der Waals surface area (Å²) in [5.74, 6) is -1.97. The Bertz CT molecular complexity index is 364. The van der Waals surface area contributed by atoms with E-state index in [1.165, 1.54) is 0 Å². The largest absolute Gasteiger partial charge is 0.481 e. The molecule has 3 N–H and O–H groups in total. The molecule has 1 aromatic carbocycles. The van der Waals surface area contributed by atoms with Gasteiger partial charge in [-0.05, 0) is 5.56 Å². The minimum absolute atomic E-state index is 0.101. The summed E-state index contributed by atoms with van der Waals surface area (Å²) in [5, 5.41) is 20.1. The van der Waals surface area contributed by atoms with Crippen LogP contribution in [0.5, 0.6) is 0 Å². The lowest BCUT2D eigenvalue weighted by atomic mass is 10.1. The smallest absolute Gasteiger partial charge is 0.325 e. The average molecular weight is 223 g/mol. The molecule has 0 amide bonds. The van der Waals surface area contributed by atoms with Gasteiger partial charge in [-0.1, -0.05) is 30.3 Å². The molecule has 5 heteroatoms. The maximum absolute atomic E-state index is 11.0. The second kappa shape index (κ2) is 5.87. The van der Waals surface area contributed by atoms with Crippen molar-refractivity contribution in [1.29, 1.82) is 0 Å². The summed E-state index contributed by atoms with van der Waals surface area (Å²) in [6.07, 6.45) is -0.101. The first-order chi connectivity index (χ1) is 7.61. The molecule has 1 aromatic rings. The second-order valence-corrected chi connectivity index (χ2v) is 3.28. The van der Waals surface area contributed by atoms with Gasteiger partial charge in [-0.25, -0.2) is 0 Å². The highest BCUT2D eigenvalue weighted by Gasteiger charge is 2.18. The van der Waals surface area contributed by atoms with E-state index in [4.69, 9.17) is 10.2 Å². The molecule has 0 aliphatic carbocycles. The Hall–Kier alpha value is -1.88. The van der Waals surface area contributed by atoms with Crippen molar-refractivity contribution in [2.24, 2.45) is 0 Å². The van der Waals surface area contributed by atoms with Crippen molar-refractivity contribution in [2.45, 2.75) is 12.5 Å². The normalized spacial score (nSPS) is 12.0. The highest BCUT2D eigenvalue weighted by atomic mass is 16.4. The number of hydrogen-bond donors (Lipinski definition) is 3. The fourth-order valence-electron chi connectivity index (χ4n) is 1.32. The molecule has 0 heterocycles. The van der Waals surface area contributed by atoms with E-state index < -0.39 is 18.0 Å². The van der Waals surface area contributed by atoms with Crippen molar-refractivity contribution >= 4 is 11.9 Å². The number of nitrogens with one attached hydrogen (secondary N) is 1. The summed E-state index contributed by atoms with van der Waals surface area (Å²) in [6.45, 7) is 0.126. The first-order valence-electron chi connectivity index (χ1n) is 4.84. The van der Waals surface area contributed by atoms with E-state index in [0.29, 0.717) is 5.56 Å². The van der Waals surface area contributed by atoms with Gasteiger partial charge >= 0.3 is 11.9 Å². The molecule has 0 aliphatic rings. The predicted octanol–water partition coefficient (Wildman–Crippen LogP) is 0.877. The average Bonchev–Trinajstić information content (AvgIpc) is 2.25. The fraction of sp³-hybridized carbons (Fsp3) is 0.273. The molecule has 0 saturated heterocycles. The number of rotatable bonds is 6. The maximum atomic E-state index is 11.0. The van der Waals surface area contributed by atoms with Crippen LogP contribution in [0.25, 0.3) is 0 Å². The van der Waals surface area contributed by atoms with Crippen molar-refractivity contribution in [2.75, 3.05) is 6.54 Å². The summed E-state index contributed by atoms with van der Waals surface area (Å²) < 4.78 is 0. The highest BCUT2D eigenvalue weighted by Crippen LogP contribution is 2.12. The van der Waals surface area contributed by atoms with Gasteiger partial charge < -0.3 is 15.5 Å². The Kier molecular flexibility index (Phi) is 4.47. The van der Waals surface area contributed by atoms with Crippen LogP contribution < -0.4 is 5.32 Å². The van der Waals surface area contributed by atoms with Crippen LogP contribution in [-0.2, 0) is 9.59 Å². The standard InChI is InChI=1S/C11H13NO4/c13-9(14)6-7-12-10(11(15)16)8-4-2-1-3-5-8/h1-5,10,12H,6-7H2,(H,13,14)(H,15,16)/t10-/m0/s1. The molecule has 0 spiro atoms. The van der Waals surface area contributed by atoms with Crippen LogP contribution in [0.15, 0.2) is 30.3 Å². The zero-order chi connectivity index (χ0) is 12.0. The highest BCUT2D eigenvalue weighted by molar-refractivity contribution is 5.75. The van der Waals surface area contributed by atoms with Crippen molar-refractivity contribution < 1.29 is 19.8 Å². The summed E-state index contributed by atoms with van der Waals surface area (Å²) in [7, 11) is 0. The SMILES string of the molecule is O=C(O)CCN[C@H](C(=O)O)c1ccccc1. The third kappa shape index (κ3) is 3.70. The Morgan fingerprint density at radius 3 is 2.31 bits per heavy atom. The summed E-state index contributed by atoms with van der Waals surface area (Å²) >= 11 is 0. The van der Waals surface area contributed by atoms with E-state index in [1.54, 1.807) is 30.3 Å². The van der Waals surface area contributed by atoms with Crippen LogP contribution in [-0.4, -0.2) is 28.7 Å². The summed E-state index contributed by atoms with van der Waals surface area (Å²) in [5.41, 5.74) is 0.611. The fourth-order valence-corrected chi connectivity index (χ4v) is 1.32. The number of carboxylic acid groups (broad SMARTS) is 2. The number of carbonyl (C=O) groups is 2. The summed E-state index contributed by atoms with van der Waals surface area (Å²) in [4.78, 5) is 21.3. The van der Waals surface area contributed by atoms with Gasteiger partial charge in [0, 0.05) is 6.54 Å². The topological polar surface area (TPSA) is 86.6 Å².